The highest BCUT2D eigenvalue weighted by Crippen LogP contribution is 1.95. The van der Waals surface area contributed by atoms with E-state index in [4.69, 9.17) is 0 Å². The van der Waals surface area contributed by atoms with Crippen LogP contribution in [0.5, 0.6) is 0 Å². The van der Waals surface area contributed by atoms with Gasteiger partial charge < -0.3 is 9.42 Å². The standard InChI is InChI=1S/C8H14N4O2/c1-11(2)8(13)5-12(3)4-7-9-6-14-10-7/h6H,4-5H2,1-3H3. The van der Waals surface area contributed by atoms with E-state index in [-0.39, 0.29) is 5.91 Å². The average Bonchev–Trinajstić information content (AvgIpc) is 2.56. The van der Waals surface area contributed by atoms with Crippen LogP contribution in [0.2, 0.25) is 0 Å². The molecule has 0 unspecified atom stereocenters. The third-order valence-electron chi connectivity index (χ3n) is 1.72. The molecule has 78 valence electrons. The number of hydrogen-bond acceptors (Lipinski definition) is 5. The first-order chi connectivity index (χ1) is 6.59. The van der Waals surface area contributed by atoms with Crippen LogP contribution in [0.1, 0.15) is 5.82 Å². The zero-order valence-electron chi connectivity index (χ0n) is 8.60. The van der Waals surface area contributed by atoms with E-state index in [0.29, 0.717) is 18.9 Å². The second kappa shape index (κ2) is 4.71. The molecule has 0 radical (unpaired) electrons. The maximum Gasteiger partial charge on any atom is 0.236 e. The second-order valence-electron chi connectivity index (χ2n) is 3.31. The summed E-state index contributed by atoms with van der Waals surface area (Å²) in [6.45, 7) is 0.859. The topological polar surface area (TPSA) is 62.5 Å². The molecule has 0 fully saturated rings. The second-order valence-corrected chi connectivity index (χ2v) is 3.31. The number of carbonyl (C=O) groups is 1. The largest absolute Gasteiger partial charge is 0.348 e. The van der Waals surface area contributed by atoms with Crippen LogP contribution in [0, 0.1) is 0 Å². The predicted octanol–water partition coefficient (Wildman–Crippen LogP) is -0.410. The van der Waals surface area contributed by atoms with Crippen LogP contribution in [-0.2, 0) is 11.3 Å². The average molecular weight is 198 g/mol. The fourth-order valence-corrected chi connectivity index (χ4v) is 0.932. The van der Waals surface area contributed by atoms with Crippen LogP contribution in [0.4, 0.5) is 0 Å². The minimum Gasteiger partial charge on any atom is -0.348 e. The molecule has 1 amide bonds. The van der Waals surface area contributed by atoms with Gasteiger partial charge in [-0.3, -0.25) is 9.69 Å². The van der Waals surface area contributed by atoms with E-state index in [1.54, 1.807) is 19.0 Å². The van der Waals surface area contributed by atoms with Crippen molar-refractivity contribution in [3.63, 3.8) is 0 Å². The molecule has 1 aromatic heterocycles. The van der Waals surface area contributed by atoms with Crippen molar-refractivity contribution in [2.75, 3.05) is 27.7 Å². The number of rotatable bonds is 4. The third-order valence-corrected chi connectivity index (χ3v) is 1.72. The first-order valence-electron chi connectivity index (χ1n) is 4.23. The van der Waals surface area contributed by atoms with Crippen molar-refractivity contribution >= 4 is 5.91 Å². The number of hydrogen-bond donors (Lipinski definition) is 0. The number of aromatic nitrogens is 2. The van der Waals surface area contributed by atoms with Gasteiger partial charge in [0.05, 0.1) is 13.1 Å². The third kappa shape index (κ3) is 3.14. The monoisotopic (exact) mass is 198 g/mol. The quantitative estimate of drug-likeness (QED) is 0.658. The van der Waals surface area contributed by atoms with E-state index in [2.05, 4.69) is 14.7 Å². The van der Waals surface area contributed by atoms with E-state index in [1.807, 2.05) is 11.9 Å². The molecule has 14 heavy (non-hydrogen) atoms. The lowest BCUT2D eigenvalue weighted by Crippen LogP contribution is -2.34. The minimum atomic E-state index is 0.0518. The van der Waals surface area contributed by atoms with Gasteiger partial charge in [-0.05, 0) is 7.05 Å². The summed E-state index contributed by atoms with van der Waals surface area (Å²) >= 11 is 0. The van der Waals surface area contributed by atoms with Crippen molar-refractivity contribution < 1.29 is 9.32 Å². The molecule has 0 aliphatic carbocycles. The van der Waals surface area contributed by atoms with E-state index < -0.39 is 0 Å². The molecule has 0 aromatic carbocycles. The molecule has 0 saturated carbocycles. The Hall–Kier alpha value is -1.43. The molecule has 0 bridgehead atoms. The summed E-state index contributed by atoms with van der Waals surface area (Å²) in [5.74, 6) is 0.634. The Bertz CT molecular complexity index is 284. The summed E-state index contributed by atoms with van der Waals surface area (Å²) < 4.78 is 4.58. The van der Waals surface area contributed by atoms with E-state index >= 15 is 0 Å². The van der Waals surface area contributed by atoms with Gasteiger partial charge in [-0.25, -0.2) is 0 Å². The summed E-state index contributed by atoms with van der Waals surface area (Å²) in [7, 11) is 5.28. The summed E-state index contributed by atoms with van der Waals surface area (Å²) in [5, 5.41) is 3.66. The van der Waals surface area contributed by atoms with Gasteiger partial charge in [-0.1, -0.05) is 5.16 Å². The lowest BCUT2D eigenvalue weighted by atomic mass is 10.4. The van der Waals surface area contributed by atoms with Gasteiger partial charge in [0.2, 0.25) is 12.3 Å². The smallest absolute Gasteiger partial charge is 0.236 e. The number of nitrogens with zero attached hydrogens (tertiary/aromatic N) is 4. The van der Waals surface area contributed by atoms with Gasteiger partial charge in [0.15, 0.2) is 5.82 Å². The summed E-state index contributed by atoms with van der Waals surface area (Å²) in [5.41, 5.74) is 0. The molecule has 1 heterocycles. The van der Waals surface area contributed by atoms with Gasteiger partial charge in [-0.2, -0.15) is 4.98 Å². The van der Waals surface area contributed by atoms with Crippen molar-refractivity contribution in [2.24, 2.45) is 0 Å². The zero-order chi connectivity index (χ0) is 10.6. The molecule has 0 aliphatic rings. The van der Waals surface area contributed by atoms with Crippen LogP contribution >= 0.6 is 0 Å². The predicted molar refractivity (Wildman–Crippen MR) is 49.3 cm³/mol. The van der Waals surface area contributed by atoms with Crippen molar-refractivity contribution in [3.05, 3.63) is 12.2 Å². The van der Waals surface area contributed by atoms with Crippen LogP contribution in [0.25, 0.3) is 0 Å². The van der Waals surface area contributed by atoms with Crippen LogP contribution in [0.15, 0.2) is 10.9 Å². The van der Waals surface area contributed by atoms with Gasteiger partial charge in [0.25, 0.3) is 0 Å². The van der Waals surface area contributed by atoms with E-state index in [9.17, 15) is 4.79 Å². The Balaban J connectivity index is 2.36. The molecule has 6 nitrogen and oxygen atoms in total. The molecule has 0 atom stereocenters. The molecule has 0 saturated heterocycles. The minimum absolute atomic E-state index is 0.0518. The Kier molecular flexibility index (Phi) is 3.58. The lowest BCUT2D eigenvalue weighted by Gasteiger charge is -2.16. The Labute approximate surface area is 82.5 Å². The number of likely N-dealkylation sites (N-methyl/N-ethyl adjacent to an activating group) is 2. The van der Waals surface area contributed by atoms with Gasteiger partial charge in [0.1, 0.15) is 0 Å². The Morgan fingerprint density at radius 3 is 2.71 bits per heavy atom. The zero-order valence-corrected chi connectivity index (χ0v) is 8.60. The molecule has 6 heteroatoms. The van der Waals surface area contributed by atoms with Crippen molar-refractivity contribution in [3.8, 4) is 0 Å². The highest BCUT2D eigenvalue weighted by molar-refractivity contribution is 5.77. The summed E-state index contributed by atoms with van der Waals surface area (Å²) in [6, 6.07) is 0. The van der Waals surface area contributed by atoms with Gasteiger partial charge >= 0.3 is 0 Å². The summed E-state index contributed by atoms with van der Waals surface area (Å²) in [6.07, 6.45) is 1.27. The number of carbonyl (C=O) groups excluding carboxylic acids is 1. The molecule has 0 N–H and O–H groups in total. The van der Waals surface area contributed by atoms with Crippen LogP contribution in [0.3, 0.4) is 0 Å². The van der Waals surface area contributed by atoms with Crippen molar-refractivity contribution in [2.45, 2.75) is 6.54 Å². The van der Waals surface area contributed by atoms with Crippen LogP contribution < -0.4 is 0 Å². The Morgan fingerprint density at radius 1 is 1.50 bits per heavy atom. The highest BCUT2D eigenvalue weighted by atomic mass is 16.5. The molecule has 1 aromatic rings. The lowest BCUT2D eigenvalue weighted by molar-refractivity contribution is -0.129. The highest BCUT2D eigenvalue weighted by Gasteiger charge is 2.10. The first kappa shape index (κ1) is 10.6. The SMILES string of the molecule is CN(CC(=O)N(C)C)Cc1ncon1. The molecular weight excluding hydrogens is 184 g/mol. The molecular formula is C8H14N4O2. The maximum atomic E-state index is 11.3. The first-order valence-corrected chi connectivity index (χ1v) is 4.23. The van der Waals surface area contributed by atoms with Gasteiger partial charge in [-0.15, -0.1) is 0 Å². The molecule has 0 spiro atoms. The summed E-state index contributed by atoms with van der Waals surface area (Å²) in [4.78, 5) is 18.5. The molecule has 1 rings (SSSR count). The maximum absolute atomic E-state index is 11.3. The fraction of sp³-hybridized carbons (Fsp3) is 0.625. The Morgan fingerprint density at radius 2 is 2.21 bits per heavy atom. The van der Waals surface area contributed by atoms with E-state index in [0.717, 1.165) is 0 Å². The number of amides is 1. The fourth-order valence-electron chi connectivity index (χ4n) is 0.932. The normalized spacial score (nSPS) is 10.6. The van der Waals surface area contributed by atoms with Crippen molar-refractivity contribution in [1.29, 1.82) is 0 Å². The van der Waals surface area contributed by atoms with E-state index in [1.165, 1.54) is 6.39 Å². The van der Waals surface area contributed by atoms with Gasteiger partial charge in [0, 0.05) is 14.1 Å². The molecule has 0 aliphatic heterocycles. The van der Waals surface area contributed by atoms with Crippen molar-refractivity contribution in [1.82, 2.24) is 19.9 Å². The van der Waals surface area contributed by atoms with Crippen LogP contribution in [-0.4, -0.2) is 53.5 Å².